The van der Waals surface area contributed by atoms with Crippen LogP contribution in [-0.4, -0.2) is 12.5 Å². The molecule has 3 heteroatoms. The van der Waals surface area contributed by atoms with Crippen LogP contribution in [0.25, 0.3) is 0 Å². The van der Waals surface area contributed by atoms with Crippen molar-refractivity contribution in [1.29, 1.82) is 0 Å². The average Bonchev–Trinajstić information content (AvgIpc) is 2.63. The first-order valence-electron chi connectivity index (χ1n) is 6.34. The summed E-state index contributed by atoms with van der Waals surface area (Å²) in [6, 6.07) is 4.36. The lowest BCUT2D eigenvalue weighted by atomic mass is 9.94. The molecule has 3 N–H and O–H groups in total. The summed E-state index contributed by atoms with van der Waals surface area (Å²) in [7, 11) is 0. The third kappa shape index (κ3) is 2.20. The third-order valence-corrected chi connectivity index (χ3v) is 3.48. The summed E-state index contributed by atoms with van der Waals surface area (Å²) >= 11 is 0. The van der Waals surface area contributed by atoms with Crippen molar-refractivity contribution < 1.29 is 4.79 Å². The zero-order valence-corrected chi connectivity index (χ0v) is 10.5. The molecular formula is C14H20N2O. The van der Waals surface area contributed by atoms with E-state index in [1.165, 1.54) is 11.1 Å². The van der Waals surface area contributed by atoms with Gasteiger partial charge in [-0.3, -0.25) is 4.79 Å². The molecular weight excluding hydrogens is 212 g/mol. The lowest BCUT2D eigenvalue weighted by Gasteiger charge is -2.11. The topological polar surface area (TPSA) is 55.1 Å². The summed E-state index contributed by atoms with van der Waals surface area (Å²) in [6.07, 6.45) is 2.91. The molecule has 1 aliphatic heterocycles. The largest absolute Gasteiger partial charge is 0.330 e. The van der Waals surface area contributed by atoms with Crippen molar-refractivity contribution in [2.75, 3.05) is 11.9 Å². The van der Waals surface area contributed by atoms with E-state index in [9.17, 15) is 4.79 Å². The molecule has 1 amide bonds. The van der Waals surface area contributed by atoms with Crippen molar-refractivity contribution >= 4 is 11.6 Å². The smallest absolute Gasteiger partial charge is 0.231 e. The van der Waals surface area contributed by atoms with E-state index in [0.29, 0.717) is 6.54 Å². The van der Waals surface area contributed by atoms with Crippen LogP contribution in [0.3, 0.4) is 0 Å². The van der Waals surface area contributed by atoms with E-state index >= 15 is 0 Å². The number of amides is 1. The van der Waals surface area contributed by atoms with Gasteiger partial charge >= 0.3 is 0 Å². The van der Waals surface area contributed by atoms with Crippen molar-refractivity contribution in [3.05, 3.63) is 28.8 Å². The van der Waals surface area contributed by atoms with Gasteiger partial charge in [-0.25, -0.2) is 0 Å². The van der Waals surface area contributed by atoms with Crippen molar-refractivity contribution in [2.45, 2.75) is 39.0 Å². The molecule has 17 heavy (non-hydrogen) atoms. The molecule has 0 fully saturated rings. The van der Waals surface area contributed by atoms with Gasteiger partial charge < -0.3 is 11.1 Å². The van der Waals surface area contributed by atoms with E-state index in [2.05, 4.69) is 24.4 Å². The molecule has 1 aromatic rings. The molecule has 0 aromatic heterocycles. The van der Waals surface area contributed by atoms with Gasteiger partial charge in [0, 0.05) is 5.69 Å². The first-order chi connectivity index (χ1) is 8.17. The summed E-state index contributed by atoms with van der Waals surface area (Å²) < 4.78 is 0. The molecule has 0 spiro atoms. The van der Waals surface area contributed by atoms with Crippen molar-refractivity contribution in [1.82, 2.24) is 0 Å². The molecule has 1 atom stereocenters. The molecule has 0 bridgehead atoms. The SMILES string of the molecule is CCc1cc(CCCN)c2c(c1)C(C)C(=O)N2. The van der Waals surface area contributed by atoms with Gasteiger partial charge in [-0.2, -0.15) is 0 Å². The maximum atomic E-state index is 11.7. The molecule has 1 aromatic carbocycles. The zero-order chi connectivity index (χ0) is 12.4. The van der Waals surface area contributed by atoms with E-state index in [1.54, 1.807) is 0 Å². The predicted octanol–water partition coefficient (Wildman–Crippen LogP) is 2.20. The molecule has 0 radical (unpaired) electrons. The second-order valence-corrected chi connectivity index (χ2v) is 4.68. The number of carbonyl (C=O) groups excluding carboxylic acids is 1. The van der Waals surface area contributed by atoms with Crippen LogP contribution in [0.2, 0.25) is 0 Å². The number of aryl methyl sites for hydroxylation is 2. The van der Waals surface area contributed by atoms with Gasteiger partial charge in [-0.1, -0.05) is 19.1 Å². The van der Waals surface area contributed by atoms with E-state index in [-0.39, 0.29) is 11.8 Å². The summed E-state index contributed by atoms with van der Waals surface area (Å²) in [6.45, 7) is 4.80. The quantitative estimate of drug-likeness (QED) is 0.836. The number of benzene rings is 1. The Kier molecular flexibility index (Phi) is 3.48. The van der Waals surface area contributed by atoms with Crippen LogP contribution >= 0.6 is 0 Å². The van der Waals surface area contributed by atoms with E-state index in [1.807, 2.05) is 6.92 Å². The molecule has 1 heterocycles. The maximum Gasteiger partial charge on any atom is 0.231 e. The highest BCUT2D eigenvalue weighted by Crippen LogP contribution is 2.36. The highest BCUT2D eigenvalue weighted by molar-refractivity contribution is 6.03. The minimum absolute atomic E-state index is 0.0203. The third-order valence-electron chi connectivity index (χ3n) is 3.48. The molecule has 0 aliphatic carbocycles. The number of hydrogen-bond donors (Lipinski definition) is 2. The molecule has 1 aliphatic rings. The molecule has 3 nitrogen and oxygen atoms in total. The van der Waals surface area contributed by atoms with Crippen molar-refractivity contribution in [3.63, 3.8) is 0 Å². The van der Waals surface area contributed by atoms with E-state index < -0.39 is 0 Å². The molecule has 1 unspecified atom stereocenters. The Morgan fingerprint density at radius 2 is 2.18 bits per heavy atom. The van der Waals surface area contributed by atoms with Gasteiger partial charge in [0.15, 0.2) is 0 Å². The van der Waals surface area contributed by atoms with Gasteiger partial charge in [0.25, 0.3) is 0 Å². The maximum absolute atomic E-state index is 11.7. The zero-order valence-electron chi connectivity index (χ0n) is 10.5. The molecule has 0 saturated carbocycles. The fourth-order valence-electron chi connectivity index (χ4n) is 2.36. The van der Waals surface area contributed by atoms with Crippen LogP contribution in [0.5, 0.6) is 0 Å². The van der Waals surface area contributed by atoms with E-state index in [0.717, 1.165) is 30.5 Å². The fourth-order valence-corrected chi connectivity index (χ4v) is 2.36. The number of fused-ring (bicyclic) bond motifs is 1. The van der Waals surface area contributed by atoms with Crippen LogP contribution < -0.4 is 11.1 Å². The minimum atomic E-state index is -0.0203. The number of carbonyl (C=O) groups is 1. The number of nitrogens with one attached hydrogen (secondary N) is 1. The summed E-state index contributed by atoms with van der Waals surface area (Å²) in [5.41, 5.74) is 10.3. The Balaban J connectivity index is 2.42. The lowest BCUT2D eigenvalue weighted by Crippen LogP contribution is -2.09. The summed E-state index contributed by atoms with van der Waals surface area (Å²) in [4.78, 5) is 11.7. The predicted molar refractivity (Wildman–Crippen MR) is 70.2 cm³/mol. The van der Waals surface area contributed by atoms with Gasteiger partial charge in [0.05, 0.1) is 5.92 Å². The number of nitrogens with two attached hydrogens (primary N) is 1. The number of rotatable bonds is 4. The monoisotopic (exact) mass is 232 g/mol. The Morgan fingerprint density at radius 1 is 1.41 bits per heavy atom. The average molecular weight is 232 g/mol. The second-order valence-electron chi connectivity index (χ2n) is 4.68. The van der Waals surface area contributed by atoms with Crippen molar-refractivity contribution in [3.8, 4) is 0 Å². The fraction of sp³-hybridized carbons (Fsp3) is 0.500. The first-order valence-corrected chi connectivity index (χ1v) is 6.34. The van der Waals surface area contributed by atoms with Gasteiger partial charge in [-0.05, 0) is 49.4 Å². The highest BCUT2D eigenvalue weighted by atomic mass is 16.2. The van der Waals surface area contributed by atoms with Gasteiger partial charge in [0.2, 0.25) is 5.91 Å². The Hall–Kier alpha value is -1.35. The molecule has 0 saturated heterocycles. The minimum Gasteiger partial charge on any atom is -0.330 e. The summed E-state index contributed by atoms with van der Waals surface area (Å²) in [5.74, 6) is 0.0929. The normalized spacial score (nSPS) is 18.1. The Bertz CT molecular complexity index is 440. The number of anilines is 1. The van der Waals surface area contributed by atoms with Crippen LogP contribution in [0, 0.1) is 0 Å². The van der Waals surface area contributed by atoms with Crippen LogP contribution in [0.4, 0.5) is 5.69 Å². The number of hydrogen-bond acceptors (Lipinski definition) is 2. The highest BCUT2D eigenvalue weighted by Gasteiger charge is 2.28. The van der Waals surface area contributed by atoms with Gasteiger partial charge in [0.1, 0.15) is 0 Å². The lowest BCUT2D eigenvalue weighted by molar-refractivity contribution is -0.116. The van der Waals surface area contributed by atoms with Crippen molar-refractivity contribution in [2.24, 2.45) is 5.73 Å². The second kappa shape index (κ2) is 4.88. The van der Waals surface area contributed by atoms with Crippen LogP contribution in [0.15, 0.2) is 12.1 Å². The first kappa shape index (κ1) is 12.1. The summed E-state index contributed by atoms with van der Waals surface area (Å²) in [5, 5.41) is 3.00. The van der Waals surface area contributed by atoms with Crippen LogP contribution in [-0.2, 0) is 17.6 Å². The van der Waals surface area contributed by atoms with E-state index in [4.69, 9.17) is 5.73 Å². The Morgan fingerprint density at radius 3 is 2.82 bits per heavy atom. The van der Waals surface area contributed by atoms with Gasteiger partial charge in [-0.15, -0.1) is 0 Å². The standard InChI is InChI=1S/C14H20N2O/c1-3-10-7-11(5-4-6-15)13-12(8-10)9(2)14(17)16-13/h7-9H,3-6,15H2,1-2H3,(H,16,17). The Labute approximate surface area is 102 Å². The molecule has 2 rings (SSSR count). The molecule has 92 valence electrons. The van der Waals surface area contributed by atoms with Crippen LogP contribution in [0.1, 0.15) is 42.9 Å².